The van der Waals surface area contributed by atoms with Gasteiger partial charge in [0, 0.05) is 0 Å². The molecule has 0 atom stereocenters. The summed E-state index contributed by atoms with van der Waals surface area (Å²) < 4.78 is 0. The number of nitrogens with zero attached hydrogens (tertiary/aromatic N) is 2. The third-order valence-corrected chi connectivity index (χ3v) is 2.75. The van der Waals surface area contributed by atoms with E-state index in [1.54, 1.807) is 18.2 Å². The van der Waals surface area contributed by atoms with Crippen molar-refractivity contribution in [3.63, 3.8) is 0 Å². The molecule has 0 saturated heterocycles. The van der Waals surface area contributed by atoms with Gasteiger partial charge >= 0.3 is 5.97 Å². The molecule has 0 aromatic heterocycles. The number of benzene rings is 2. The van der Waals surface area contributed by atoms with Crippen LogP contribution in [0, 0.1) is 0 Å². The summed E-state index contributed by atoms with van der Waals surface area (Å²) in [5.74, 6) is -1.00. The van der Waals surface area contributed by atoms with Gasteiger partial charge in [0.1, 0.15) is 5.69 Å². The zero-order valence-electron chi connectivity index (χ0n) is 10.6. The smallest absolute Gasteiger partial charge is 0.337 e. The van der Waals surface area contributed by atoms with Crippen LogP contribution in [0.4, 0.5) is 11.4 Å². The molecule has 2 rings (SSSR count). The lowest BCUT2D eigenvalue weighted by molar-refractivity contribution is 0.0698. The van der Waals surface area contributed by atoms with Crippen LogP contribution in [0.5, 0.6) is 0 Å². The topological polar surface area (TPSA) is 62.0 Å². The Morgan fingerprint density at radius 3 is 2.37 bits per heavy atom. The van der Waals surface area contributed by atoms with Gasteiger partial charge in [-0.25, -0.2) is 4.79 Å². The van der Waals surface area contributed by atoms with Crippen molar-refractivity contribution in [3.05, 3.63) is 59.7 Å². The molecule has 0 aliphatic rings. The summed E-state index contributed by atoms with van der Waals surface area (Å²) in [6, 6.07) is 14.2. The molecule has 0 heterocycles. The molecule has 1 N–H and O–H groups in total. The highest BCUT2D eigenvalue weighted by Gasteiger charge is 2.07. The second kappa shape index (κ2) is 5.91. The van der Waals surface area contributed by atoms with Gasteiger partial charge in [0.2, 0.25) is 0 Å². The van der Waals surface area contributed by atoms with Crippen molar-refractivity contribution in [3.8, 4) is 0 Å². The van der Waals surface area contributed by atoms with Crippen LogP contribution in [0.3, 0.4) is 0 Å². The molecule has 2 aromatic rings. The van der Waals surface area contributed by atoms with Crippen LogP contribution >= 0.6 is 0 Å². The van der Waals surface area contributed by atoms with E-state index in [4.69, 9.17) is 5.11 Å². The van der Waals surface area contributed by atoms with Gasteiger partial charge < -0.3 is 5.11 Å². The minimum Gasteiger partial charge on any atom is -0.478 e. The SMILES string of the molecule is CCc1ccc(N=Nc2ccccc2C(=O)O)cc1. The molecule has 0 bridgehead atoms. The van der Waals surface area contributed by atoms with Crippen LogP contribution in [-0.2, 0) is 6.42 Å². The Morgan fingerprint density at radius 2 is 1.74 bits per heavy atom. The van der Waals surface area contributed by atoms with Crippen molar-refractivity contribution in [2.24, 2.45) is 10.2 Å². The van der Waals surface area contributed by atoms with Crippen LogP contribution in [0.1, 0.15) is 22.8 Å². The highest BCUT2D eigenvalue weighted by atomic mass is 16.4. The van der Waals surface area contributed by atoms with Gasteiger partial charge in [0.15, 0.2) is 0 Å². The van der Waals surface area contributed by atoms with Crippen LogP contribution in [0.2, 0.25) is 0 Å². The molecule has 0 radical (unpaired) electrons. The molecule has 0 aliphatic heterocycles. The highest BCUT2D eigenvalue weighted by Crippen LogP contribution is 2.22. The largest absolute Gasteiger partial charge is 0.478 e. The molecule has 19 heavy (non-hydrogen) atoms. The Balaban J connectivity index is 2.24. The fraction of sp³-hybridized carbons (Fsp3) is 0.133. The van der Waals surface area contributed by atoms with E-state index in [-0.39, 0.29) is 5.56 Å². The summed E-state index contributed by atoms with van der Waals surface area (Å²) in [4.78, 5) is 11.0. The molecular formula is C15H14N2O2. The summed E-state index contributed by atoms with van der Waals surface area (Å²) in [5.41, 5.74) is 2.44. The molecule has 0 spiro atoms. The lowest BCUT2D eigenvalue weighted by Gasteiger charge is -1.99. The highest BCUT2D eigenvalue weighted by molar-refractivity contribution is 5.93. The normalized spacial score (nSPS) is 10.8. The maximum Gasteiger partial charge on any atom is 0.337 e. The van der Waals surface area contributed by atoms with Gasteiger partial charge in [-0.05, 0) is 36.2 Å². The lowest BCUT2D eigenvalue weighted by Crippen LogP contribution is -1.95. The van der Waals surface area contributed by atoms with Crippen LogP contribution in [0.15, 0.2) is 58.8 Å². The molecule has 4 nitrogen and oxygen atoms in total. The molecule has 0 fully saturated rings. The molecule has 4 heteroatoms. The Labute approximate surface area is 111 Å². The van der Waals surface area contributed by atoms with E-state index in [0.717, 1.165) is 6.42 Å². The first-order valence-corrected chi connectivity index (χ1v) is 6.03. The van der Waals surface area contributed by atoms with Gasteiger partial charge in [-0.3, -0.25) is 0 Å². The second-order valence-electron chi connectivity index (χ2n) is 4.04. The number of carboxylic acid groups (broad SMARTS) is 1. The average molecular weight is 254 g/mol. The van der Waals surface area contributed by atoms with E-state index in [0.29, 0.717) is 11.4 Å². The molecule has 0 saturated carbocycles. The van der Waals surface area contributed by atoms with Crippen molar-refractivity contribution in [2.75, 3.05) is 0 Å². The van der Waals surface area contributed by atoms with Crippen LogP contribution in [-0.4, -0.2) is 11.1 Å². The molecule has 0 amide bonds. The number of carbonyl (C=O) groups is 1. The van der Waals surface area contributed by atoms with Crippen molar-refractivity contribution in [1.29, 1.82) is 0 Å². The van der Waals surface area contributed by atoms with Gasteiger partial charge in [-0.1, -0.05) is 31.2 Å². The first-order valence-electron chi connectivity index (χ1n) is 6.03. The minimum absolute atomic E-state index is 0.149. The predicted octanol–water partition coefficient (Wildman–Crippen LogP) is 4.36. The zero-order chi connectivity index (χ0) is 13.7. The summed E-state index contributed by atoms with van der Waals surface area (Å²) in [6.07, 6.45) is 0.971. The quantitative estimate of drug-likeness (QED) is 0.824. The second-order valence-corrected chi connectivity index (χ2v) is 4.04. The van der Waals surface area contributed by atoms with E-state index >= 15 is 0 Å². The number of carboxylic acids is 1. The summed E-state index contributed by atoms with van der Waals surface area (Å²) in [7, 11) is 0. The van der Waals surface area contributed by atoms with E-state index in [2.05, 4.69) is 17.2 Å². The first-order chi connectivity index (χ1) is 9.20. The third kappa shape index (κ3) is 3.25. The first kappa shape index (κ1) is 13.0. The standard InChI is InChI=1S/C15H14N2O2/c1-2-11-7-9-12(10-8-11)16-17-14-6-4-3-5-13(14)15(18)19/h3-10H,2H2,1H3,(H,18,19). The third-order valence-electron chi connectivity index (χ3n) is 2.75. The maximum atomic E-state index is 11.0. The van der Waals surface area contributed by atoms with Gasteiger partial charge in [0.05, 0.1) is 11.3 Å². The van der Waals surface area contributed by atoms with E-state index in [9.17, 15) is 4.79 Å². The van der Waals surface area contributed by atoms with Gasteiger partial charge in [0.25, 0.3) is 0 Å². The lowest BCUT2D eigenvalue weighted by atomic mass is 10.1. The molecule has 0 unspecified atom stereocenters. The molecular weight excluding hydrogens is 240 g/mol. The summed E-state index contributed by atoms with van der Waals surface area (Å²) in [6.45, 7) is 2.08. The Hall–Kier alpha value is -2.49. The number of hydrogen-bond donors (Lipinski definition) is 1. The van der Waals surface area contributed by atoms with Crippen molar-refractivity contribution < 1.29 is 9.90 Å². The average Bonchev–Trinajstić information content (AvgIpc) is 2.46. The number of rotatable bonds is 4. The van der Waals surface area contributed by atoms with E-state index in [1.807, 2.05) is 24.3 Å². The Kier molecular flexibility index (Phi) is 4.03. The molecule has 0 aliphatic carbocycles. The number of azo groups is 1. The monoisotopic (exact) mass is 254 g/mol. The number of aryl methyl sites for hydroxylation is 1. The van der Waals surface area contributed by atoms with Crippen LogP contribution < -0.4 is 0 Å². The number of aromatic carboxylic acids is 1. The van der Waals surface area contributed by atoms with Crippen molar-refractivity contribution >= 4 is 17.3 Å². The Morgan fingerprint density at radius 1 is 1.05 bits per heavy atom. The van der Waals surface area contributed by atoms with Gasteiger partial charge in [-0.15, -0.1) is 5.11 Å². The summed E-state index contributed by atoms with van der Waals surface area (Å²) >= 11 is 0. The maximum absolute atomic E-state index is 11.0. The van der Waals surface area contributed by atoms with Gasteiger partial charge in [-0.2, -0.15) is 5.11 Å². The van der Waals surface area contributed by atoms with Crippen molar-refractivity contribution in [2.45, 2.75) is 13.3 Å². The fourth-order valence-corrected chi connectivity index (χ4v) is 1.65. The van der Waals surface area contributed by atoms with Crippen LogP contribution in [0.25, 0.3) is 0 Å². The number of hydrogen-bond acceptors (Lipinski definition) is 3. The summed E-state index contributed by atoms with van der Waals surface area (Å²) in [5, 5.41) is 17.1. The fourth-order valence-electron chi connectivity index (χ4n) is 1.65. The Bertz CT molecular complexity index is 604. The molecule has 96 valence electrons. The minimum atomic E-state index is -1.00. The van der Waals surface area contributed by atoms with E-state index in [1.165, 1.54) is 11.6 Å². The van der Waals surface area contributed by atoms with Crippen molar-refractivity contribution in [1.82, 2.24) is 0 Å². The van der Waals surface area contributed by atoms with E-state index < -0.39 is 5.97 Å². The molecule has 2 aromatic carbocycles. The predicted molar refractivity (Wildman–Crippen MR) is 73.4 cm³/mol. The zero-order valence-corrected chi connectivity index (χ0v) is 10.6.